The number of nitrogens with zero attached hydrogens (tertiary/aromatic N) is 3. The predicted molar refractivity (Wildman–Crippen MR) is 121 cm³/mol. The first-order chi connectivity index (χ1) is 14.7. The summed E-state index contributed by atoms with van der Waals surface area (Å²) in [6, 6.07) is 10.9. The van der Waals surface area contributed by atoms with Gasteiger partial charge in [0.25, 0.3) is 17.5 Å². The fraction of sp³-hybridized carbons (Fsp3) is 0.190. The van der Waals surface area contributed by atoms with Gasteiger partial charge in [-0.25, -0.2) is 0 Å². The minimum absolute atomic E-state index is 0.0526. The molecular formula is C21H20N4O5S. The van der Waals surface area contributed by atoms with Crippen LogP contribution in [-0.2, 0) is 9.59 Å². The Morgan fingerprint density at radius 2 is 1.87 bits per heavy atom. The summed E-state index contributed by atoms with van der Waals surface area (Å²) in [6.45, 7) is 2.36. The molecule has 0 aromatic heterocycles. The molecule has 10 heteroatoms. The molecule has 9 nitrogen and oxygen atoms in total. The average Bonchev–Trinajstić information content (AvgIpc) is 2.72. The molecule has 0 spiro atoms. The first-order valence-corrected chi connectivity index (χ1v) is 9.73. The SMILES string of the molecule is CCOc1ccc(N2C(=O)/C(=C\c3cc([N+](=O)[O-])ccc3N(C)C)C(=O)NC2=S)cc1. The van der Waals surface area contributed by atoms with Gasteiger partial charge in [-0.05, 0) is 55.5 Å². The topological polar surface area (TPSA) is 105 Å². The number of hydrogen-bond acceptors (Lipinski definition) is 7. The monoisotopic (exact) mass is 440 g/mol. The Bertz CT molecular complexity index is 1100. The molecule has 0 saturated carbocycles. The molecular weight excluding hydrogens is 420 g/mol. The standard InChI is InChI=1S/C21H20N4O5S/c1-4-30-16-8-5-14(6-9-16)24-20(27)17(19(26)22-21(24)31)12-13-11-15(25(28)29)7-10-18(13)23(2)3/h5-12H,4H2,1-3H3,(H,22,26,31)/b17-12-. The highest BCUT2D eigenvalue weighted by atomic mass is 32.1. The van der Waals surface area contributed by atoms with Crippen molar-refractivity contribution < 1.29 is 19.2 Å². The molecule has 0 unspecified atom stereocenters. The van der Waals surface area contributed by atoms with Gasteiger partial charge < -0.3 is 9.64 Å². The van der Waals surface area contributed by atoms with Gasteiger partial charge in [-0.2, -0.15) is 0 Å². The number of benzene rings is 2. The summed E-state index contributed by atoms with van der Waals surface area (Å²) in [5.41, 5.74) is 1.08. The molecule has 2 aromatic rings. The van der Waals surface area contributed by atoms with Crippen LogP contribution in [0.5, 0.6) is 5.75 Å². The van der Waals surface area contributed by atoms with E-state index in [0.717, 1.165) is 0 Å². The van der Waals surface area contributed by atoms with Crippen LogP contribution in [-0.4, -0.2) is 42.6 Å². The molecule has 1 saturated heterocycles. The van der Waals surface area contributed by atoms with E-state index in [9.17, 15) is 19.7 Å². The third-order valence-electron chi connectivity index (χ3n) is 4.51. The van der Waals surface area contributed by atoms with E-state index in [1.54, 1.807) is 49.3 Å². The van der Waals surface area contributed by atoms with E-state index >= 15 is 0 Å². The van der Waals surface area contributed by atoms with Crippen molar-refractivity contribution in [3.05, 3.63) is 63.7 Å². The number of carbonyl (C=O) groups is 2. The smallest absolute Gasteiger partial charge is 0.270 e. The molecule has 31 heavy (non-hydrogen) atoms. The molecule has 0 atom stereocenters. The number of amides is 2. The number of ether oxygens (including phenoxy) is 1. The lowest BCUT2D eigenvalue weighted by molar-refractivity contribution is -0.384. The summed E-state index contributed by atoms with van der Waals surface area (Å²) in [4.78, 5) is 39.3. The van der Waals surface area contributed by atoms with E-state index in [-0.39, 0.29) is 16.4 Å². The number of rotatable bonds is 6. The van der Waals surface area contributed by atoms with Crippen LogP contribution in [0.1, 0.15) is 12.5 Å². The summed E-state index contributed by atoms with van der Waals surface area (Å²) >= 11 is 5.20. The first kappa shape index (κ1) is 21.9. The van der Waals surface area contributed by atoms with E-state index in [2.05, 4.69) is 5.32 Å². The second-order valence-electron chi connectivity index (χ2n) is 6.78. The van der Waals surface area contributed by atoms with Crippen molar-refractivity contribution in [1.29, 1.82) is 0 Å². The van der Waals surface area contributed by atoms with E-state index in [0.29, 0.717) is 29.3 Å². The Labute approximate surface area is 184 Å². The molecule has 1 N–H and O–H groups in total. The maximum atomic E-state index is 13.2. The van der Waals surface area contributed by atoms with Crippen molar-refractivity contribution in [1.82, 2.24) is 5.32 Å². The van der Waals surface area contributed by atoms with E-state index < -0.39 is 16.7 Å². The zero-order valence-corrected chi connectivity index (χ0v) is 17.9. The second-order valence-corrected chi connectivity index (χ2v) is 7.17. The fourth-order valence-electron chi connectivity index (χ4n) is 3.08. The molecule has 0 bridgehead atoms. The Kier molecular flexibility index (Phi) is 6.30. The van der Waals surface area contributed by atoms with Crippen molar-refractivity contribution in [3.63, 3.8) is 0 Å². The van der Waals surface area contributed by atoms with Crippen LogP contribution < -0.4 is 19.9 Å². The summed E-state index contributed by atoms with van der Waals surface area (Å²) in [5.74, 6) is -0.670. The quantitative estimate of drug-likeness (QED) is 0.242. The van der Waals surface area contributed by atoms with Crippen LogP contribution in [0.4, 0.5) is 17.1 Å². The van der Waals surface area contributed by atoms with E-state index in [1.165, 1.54) is 23.1 Å². The number of hydrogen-bond donors (Lipinski definition) is 1. The minimum Gasteiger partial charge on any atom is -0.494 e. The lowest BCUT2D eigenvalue weighted by atomic mass is 10.0. The first-order valence-electron chi connectivity index (χ1n) is 9.33. The lowest BCUT2D eigenvalue weighted by Crippen LogP contribution is -2.54. The maximum absolute atomic E-state index is 13.2. The van der Waals surface area contributed by atoms with Gasteiger partial charge in [0.05, 0.1) is 17.2 Å². The van der Waals surface area contributed by atoms with Gasteiger partial charge in [0.1, 0.15) is 11.3 Å². The number of nitro benzene ring substituents is 1. The largest absolute Gasteiger partial charge is 0.494 e. The summed E-state index contributed by atoms with van der Waals surface area (Å²) < 4.78 is 5.41. The van der Waals surface area contributed by atoms with Gasteiger partial charge in [-0.1, -0.05) is 0 Å². The van der Waals surface area contributed by atoms with Crippen molar-refractivity contribution in [2.75, 3.05) is 30.5 Å². The van der Waals surface area contributed by atoms with Crippen LogP contribution in [0.25, 0.3) is 6.08 Å². The zero-order chi connectivity index (χ0) is 22.7. The van der Waals surface area contributed by atoms with Crippen LogP contribution in [0, 0.1) is 10.1 Å². The fourth-order valence-corrected chi connectivity index (χ4v) is 3.36. The Balaban J connectivity index is 2.05. The van der Waals surface area contributed by atoms with Crippen LogP contribution in [0.3, 0.4) is 0 Å². The minimum atomic E-state index is -0.673. The summed E-state index contributed by atoms with van der Waals surface area (Å²) in [5, 5.41) is 13.7. The van der Waals surface area contributed by atoms with E-state index in [1.807, 2.05) is 6.92 Å². The highest BCUT2D eigenvalue weighted by molar-refractivity contribution is 7.80. The van der Waals surface area contributed by atoms with E-state index in [4.69, 9.17) is 17.0 Å². The maximum Gasteiger partial charge on any atom is 0.270 e. The highest BCUT2D eigenvalue weighted by Crippen LogP contribution is 2.29. The van der Waals surface area contributed by atoms with Crippen LogP contribution in [0.15, 0.2) is 48.0 Å². The van der Waals surface area contributed by atoms with Gasteiger partial charge in [0.15, 0.2) is 5.11 Å². The highest BCUT2D eigenvalue weighted by Gasteiger charge is 2.34. The van der Waals surface area contributed by atoms with Gasteiger partial charge in [0.2, 0.25) is 0 Å². The van der Waals surface area contributed by atoms with Crippen molar-refractivity contribution in [2.24, 2.45) is 0 Å². The molecule has 2 amide bonds. The van der Waals surface area contributed by atoms with Gasteiger partial charge in [0, 0.05) is 37.5 Å². The molecule has 2 aromatic carbocycles. The van der Waals surface area contributed by atoms with Gasteiger partial charge >= 0.3 is 0 Å². The second kappa shape index (κ2) is 8.92. The third-order valence-corrected chi connectivity index (χ3v) is 4.80. The van der Waals surface area contributed by atoms with Gasteiger partial charge in [-0.3, -0.25) is 29.9 Å². The number of thiocarbonyl (C=S) groups is 1. The molecule has 1 aliphatic heterocycles. The predicted octanol–water partition coefficient (Wildman–Crippen LogP) is 2.89. The number of non-ortho nitro benzene ring substituents is 1. The summed E-state index contributed by atoms with van der Waals surface area (Å²) in [7, 11) is 3.51. The summed E-state index contributed by atoms with van der Waals surface area (Å²) in [6.07, 6.45) is 1.34. The van der Waals surface area contributed by atoms with Crippen molar-refractivity contribution in [2.45, 2.75) is 6.92 Å². The molecule has 3 rings (SSSR count). The molecule has 1 heterocycles. The normalized spacial score (nSPS) is 15.1. The number of nitrogens with one attached hydrogen (secondary N) is 1. The van der Waals surface area contributed by atoms with Crippen molar-refractivity contribution >= 4 is 52.3 Å². The Morgan fingerprint density at radius 1 is 1.19 bits per heavy atom. The number of nitro groups is 1. The third kappa shape index (κ3) is 4.53. The zero-order valence-electron chi connectivity index (χ0n) is 17.1. The molecule has 160 valence electrons. The average molecular weight is 440 g/mol. The molecule has 1 aliphatic rings. The van der Waals surface area contributed by atoms with Crippen LogP contribution >= 0.6 is 12.2 Å². The lowest BCUT2D eigenvalue weighted by Gasteiger charge is -2.29. The molecule has 0 aliphatic carbocycles. The Hall–Kier alpha value is -3.79. The van der Waals surface area contributed by atoms with Crippen molar-refractivity contribution in [3.8, 4) is 5.75 Å². The van der Waals surface area contributed by atoms with Gasteiger partial charge in [-0.15, -0.1) is 0 Å². The van der Waals surface area contributed by atoms with Crippen LogP contribution in [0.2, 0.25) is 0 Å². The number of anilines is 2. The Morgan fingerprint density at radius 3 is 2.45 bits per heavy atom. The number of carbonyl (C=O) groups excluding carboxylic acids is 2. The molecule has 0 radical (unpaired) electrons. The molecule has 1 fully saturated rings.